The van der Waals surface area contributed by atoms with E-state index in [9.17, 15) is 9.59 Å². The number of rotatable bonds is 6. The second kappa shape index (κ2) is 9.08. The highest BCUT2D eigenvalue weighted by Crippen LogP contribution is 2.41. The molecule has 0 aromatic heterocycles. The lowest BCUT2D eigenvalue weighted by Crippen LogP contribution is -2.68. The minimum atomic E-state index is -0.601. The van der Waals surface area contributed by atoms with Crippen LogP contribution in [0.15, 0.2) is 84.1 Å². The van der Waals surface area contributed by atoms with Crippen LogP contribution in [0.3, 0.4) is 0 Å². The number of hydrogen-bond acceptors (Lipinski definition) is 5. The van der Waals surface area contributed by atoms with E-state index in [0.29, 0.717) is 17.2 Å². The summed E-state index contributed by atoms with van der Waals surface area (Å²) >= 11 is 7.33. The van der Waals surface area contributed by atoms with Gasteiger partial charge in [0.1, 0.15) is 17.1 Å². The van der Waals surface area contributed by atoms with E-state index < -0.39 is 18.1 Å². The molecule has 4 rings (SSSR count). The predicted octanol–water partition coefficient (Wildman–Crippen LogP) is 3.61. The topological polar surface area (TPSA) is 72.6 Å². The number of halogens is 1. The number of carbonyl (C=O) groups is 2. The molecule has 2 N–H and O–H groups in total. The molecule has 2 aliphatic rings. The summed E-state index contributed by atoms with van der Waals surface area (Å²) in [5.41, 5.74) is 8.61. The normalized spacial score (nSPS) is 21.0. The molecule has 2 atom stereocenters. The number of amides is 1. The van der Waals surface area contributed by atoms with Crippen molar-refractivity contribution in [2.75, 3.05) is 11.6 Å². The van der Waals surface area contributed by atoms with Gasteiger partial charge < -0.3 is 10.5 Å². The van der Waals surface area contributed by atoms with Crippen molar-refractivity contribution in [3.05, 3.63) is 95.2 Å². The number of carbonyl (C=O) groups excluding carboxylic acids is 2. The molecule has 1 fully saturated rings. The number of allylic oxidation sites excluding steroid dienone is 2. The van der Waals surface area contributed by atoms with Crippen LogP contribution in [-0.2, 0) is 14.3 Å². The molecule has 0 spiro atoms. The van der Waals surface area contributed by atoms with Gasteiger partial charge in [-0.05, 0) is 16.7 Å². The molecule has 1 amide bonds. The number of nitrogens with two attached hydrogens (primary N) is 1. The lowest BCUT2D eigenvalue weighted by Gasteiger charge is -2.48. The molecule has 0 radical (unpaired) electrons. The van der Waals surface area contributed by atoms with Gasteiger partial charge in [-0.3, -0.25) is 9.69 Å². The van der Waals surface area contributed by atoms with Crippen molar-refractivity contribution in [1.82, 2.24) is 4.90 Å². The van der Waals surface area contributed by atoms with Gasteiger partial charge in [-0.1, -0.05) is 72.8 Å². The molecule has 0 bridgehead atoms. The third kappa shape index (κ3) is 3.90. The standard InChI is InChI=1S/C23H21ClN2O3S/c24-13-7-12-17-14-30-22-18(25)21(27)26(22)19(17)23(28)29-20(15-8-3-1-4-9-15)16-10-5-2-6-11-16/h1-12,18,20,22H,13-14,25H2/b12-7-/t18?,22-/m1/s1. The Morgan fingerprint density at radius 3 is 2.33 bits per heavy atom. The van der Waals surface area contributed by atoms with Gasteiger partial charge in [0.05, 0.1) is 0 Å². The average Bonchev–Trinajstić information content (AvgIpc) is 2.81. The van der Waals surface area contributed by atoms with E-state index in [2.05, 4.69) is 0 Å². The monoisotopic (exact) mass is 440 g/mol. The van der Waals surface area contributed by atoms with E-state index >= 15 is 0 Å². The van der Waals surface area contributed by atoms with Gasteiger partial charge in [-0.2, -0.15) is 0 Å². The SMILES string of the molecule is NC1C(=O)N2C(C(=O)OC(c3ccccc3)c3ccccc3)=C(/C=C\CCl)CS[C@H]12. The minimum absolute atomic E-state index is 0.250. The fraction of sp³-hybridized carbons (Fsp3) is 0.217. The third-order valence-corrected chi connectivity index (χ3v) is 6.57. The lowest BCUT2D eigenvalue weighted by molar-refractivity contribution is -0.153. The number of β-lactam (4-membered cyclic amide) rings is 1. The van der Waals surface area contributed by atoms with Crippen LogP contribution in [0.1, 0.15) is 17.2 Å². The van der Waals surface area contributed by atoms with E-state index in [1.807, 2.05) is 60.7 Å². The van der Waals surface area contributed by atoms with Crippen molar-refractivity contribution in [2.24, 2.45) is 5.73 Å². The Labute approximate surface area is 184 Å². The number of alkyl halides is 1. The maximum absolute atomic E-state index is 13.4. The Hall–Kier alpha value is -2.54. The first-order valence-corrected chi connectivity index (χ1v) is 11.2. The van der Waals surface area contributed by atoms with E-state index in [1.165, 1.54) is 16.7 Å². The summed E-state index contributed by atoms with van der Waals surface area (Å²) in [6, 6.07) is 18.5. The number of fused-ring (bicyclic) bond motifs is 1. The Morgan fingerprint density at radius 2 is 1.77 bits per heavy atom. The van der Waals surface area contributed by atoms with Gasteiger partial charge in [-0.15, -0.1) is 23.4 Å². The van der Waals surface area contributed by atoms with Crippen LogP contribution in [0, 0.1) is 0 Å². The fourth-order valence-corrected chi connectivity index (χ4v) is 4.95. The van der Waals surface area contributed by atoms with Crippen molar-refractivity contribution in [3.63, 3.8) is 0 Å². The predicted molar refractivity (Wildman–Crippen MR) is 119 cm³/mol. The van der Waals surface area contributed by atoms with Crippen LogP contribution in [-0.4, -0.2) is 39.8 Å². The number of benzene rings is 2. The molecule has 5 nitrogen and oxygen atoms in total. The van der Waals surface area contributed by atoms with E-state index in [0.717, 1.165) is 11.1 Å². The van der Waals surface area contributed by atoms with E-state index in [1.54, 1.807) is 12.2 Å². The third-order valence-electron chi connectivity index (χ3n) is 5.07. The molecule has 2 aromatic carbocycles. The van der Waals surface area contributed by atoms with Crippen LogP contribution in [0.25, 0.3) is 0 Å². The summed E-state index contributed by atoms with van der Waals surface area (Å²) in [7, 11) is 0. The highest BCUT2D eigenvalue weighted by atomic mass is 35.5. The molecular formula is C23H21ClN2O3S. The zero-order valence-electron chi connectivity index (χ0n) is 16.1. The first kappa shape index (κ1) is 20.7. The molecule has 154 valence electrons. The Morgan fingerprint density at radius 1 is 1.17 bits per heavy atom. The van der Waals surface area contributed by atoms with Gasteiger partial charge in [0.15, 0.2) is 6.10 Å². The molecular weight excluding hydrogens is 420 g/mol. The molecule has 0 aliphatic carbocycles. The van der Waals surface area contributed by atoms with Gasteiger partial charge in [0.2, 0.25) is 5.91 Å². The maximum atomic E-state index is 13.4. The number of ether oxygens (including phenoxy) is 1. The van der Waals surface area contributed by atoms with Crippen molar-refractivity contribution < 1.29 is 14.3 Å². The molecule has 1 unspecified atom stereocenters. The zero-order valence-corrected chi connectivity index (χ0v) is 17.7. The number of thioether (sulfide) groups is 1. The highest BCUT2D eigenvalue weighted by molar-refractivity contribution is 8.00. The lowest BCUT2D eigenvalue weighted by atomic mass is 10.0. The highest BCUT2D eigenvalue weighted by Gasteiger charge is 2.52. The largest absolute Gasteiger partial charge is 0.448 e. The van der Waals surface area contributed by atoms with Crippen LogP contribution in [0.5, 0.6) is 0 Å². The van der Waals surface area contributed by atoms with Crippen LogP contribution < -0.4 is 5.73 Å². The first-order chi connectivity index (χ1) is 14.6. The molecule has 0 saturated carbocycles. The number of esters is 1. The van der Waals surface area contributed by atoms with Gasteiger partial charge >= 0.3 is 5.97 Å². The Kier molecular flexibility index (Phi) is 6.27. The van der Waals surface area contributed by atoms with Gasteiger partial charge in [0, 0.05) is 11.6 Å². The number of hydrogen-bond donors (Lipinski definition) is 1. The Bertz CT molecular complexity index is 955. The van der Waals surface area contributed by atoms with Crippen LogP contribution >= 0.6 is 23.4 Å². The Balaban J connectivity index is 1.70. The molecule has 30 heavy (non-hydrogen) atoms. The van der Waals surface area contributed by atoms with Crippen molar-refractivity contribution >= 4 is 35.2 Å². The van der Waals surface area contributed by atoms with Crippen LogP contribution in [0.4, 0.5) is 0 Å². The second-order valence-electron chi connectivity index (χ2n) is 6.97. The van der Waals surface area contributed by atoms with Crippen molar-refractivity contribution in [1.29, 1.82) is 0 Å². The summed E-state index contributed by atoms with van der Waals surface area (Å²) in [5, 5.41) is -0.250. The van der Waals surface area contributed by atoms with Gasteiger partial charge in [0.25, 0.3) is 0 Å². The van der Waals surface area contributed by atoms with E-state index in [4.69, 9.17) is 22.1 Å². The van der Waals surface area contributed by atoms with Crippen molar-refractivity contribution in [3.8, 4) is 0 Å². The fourth-order valence-electron chi connectivity index (χ4n) is 3.59. The summed E-state index contributed by atoms with van der Waals surface area (Å²) in [4.78, 5) is 27.3. The summed E-state index contributed by atoms with van der Waals surface area (Å²) in [6.07, 6.45) is 2.94. The summed E-state index contributed by atoms with van der Waals surface area (Å²) < 4.78 is 6.00. The van der Waals surface area contributed by atoms with E-state index in [-0.39, 0.29) is 17.0 Å². The smallest absolute Gasteiger partial charge is 0.356 e. The number of nitrogens with zero attached hydrogens (tertiary/aromatic N) is 1. The summed E-state index contributed by atoms with van der Waals surface area (Å²) in [5.74, 6) is 0.0464. The minimum Gasteiger partial charge on any atom is -0.448 e. The zero-order chi connectivity index (χ0) is 21.1. The van der Waals surface area contributed by atoms with Crippen molar-refractivity contribution in [2.45, 2.75) is 17.5 Å². The first-order valence-electron chi connectivity index (χ1n) is 9.58. The molecule has 2 aliphatic heterocycles. The summed E-state index contributed by atoms with van der Waals surface area (Å²) in [6.45, 7) is 0. The average molecular weight is 441 g/mol. The molecule has 2 aromatic rings. The van der Waals surface area contributed by atoms with Gasteiger partial charge in [-0.25, -0.2) is 4.79 Å². The maximum Gasteiger partial charge on any atom is 0.356 e. The second-order valence-corrected chi connectivity index (χ2v) is 8.39. The quantitative estimate of drug-likeness (QED) is 0.422. The molecule has 7 heteroatoms. The van der Waals surface area contributed by atoms with Crippen LogP contribution in [0.2, 0.25) is 0 Å². The molecule has 1 saturated heterocycles. The molecule has 2 heterocycles.